The third-order valence-corrected chi connectivity index (χ3v) is 3.58. The fourth-order valence-corrected chi connectivity index (χ4v) is 2.56. The maximum Gasteiger partial charge on any atom is 0.142 e. The van der Waals surface area contributed by atoms with Crippen LogP contribution in [0.1, 0.15) is 0 Å². The second-order valence-corrected chi connectivity index (χ2v) is 4.91. The predicted molar refractivity (Wildman–Crippen MR) is 81.7 cm³/mol. The van der Waals surface area contributed by atoms with Crippen LogP contribution < -0.4 is 5.73 Å². The number of benzene rings is 2. The molecule has 0 fully saturated rings. The van der Waals surface area contributed by atoms with E-state index in [-0.39, 0.29) is 6.61 Å². The normalized spacial score (nSPS) is 11.1. The molecule has 0 bridgehead atoms. The van der Waals surface area contributed by atoms with E-state index in [1.54, 1.807) is 0 Å². The minimum absolute atomic E-state index is 0.0255. The molecule has 0 saturated heterocycles. The Bertz CT molecular complexity index is 767. The maximum absolute atomic E-state index is 9.29. The number of nitrogens with two attached hydrogens (primary N) is 1. The lowest BCUT2D eigenvalue weighted by Gasteiger charge is -2.08. The second kappa shape index (κ2) is 5.15. The van der Waals surface area contributed by atoms with Crippen LogP contribution in [0.4, 0.5) is 5.69 Å². The van der Waals surface area contributed by atoms with Gasteiger partial charge in [-0.2, -0.15) is 0 Å². The lowest BCUT2D eigenvalue weighted by molar-refractivity contribution is 0.278. The summed E-state index contributed by atoms with van der Waals surface area (Å²) in [7, 11) is 0. The second-order valence-electron chi connectivity index (χ2n) is 4.51. The first-order chi connectivity index (χ1) is 9.72. The Labute approximate surface area is 121 Å². The number of aromatic nitrogens is 2. The Morgan fingerprint density at radius 3 is 2.70 bits per heavy atom. The van der Waals surface area contributed by atoms with E-state index in [4.69, 9.17) is 17.3 Å². The number of imidazole rings is 1. The van der Waals surface area contributed by atoms with Gasteiger partial charge in [0.1, 0.15) is 11.3 Å². The van der Waals surface area contributed by atoms with E-state index in [2.05, 4.69) is 4.98 Å². The Hall–Kier alpha value is -2.04. The molecule has 5 heteroatoms. The molecule has 0 radical (unpaired) electrons. The van der Waals surface area contributed by atoms with Crippen molar-refractivity contribution in [2.24, 2.45) is 0 Å². The number of nitrogens with zero attached hydrogens (tertiary/aromatic N) is 2. The van der Waals surface area contributed by atoms with Crippen molar-refractivity contribution in [1.82, 2.24) is 9.55 Å². The molecule has 1 heterocycles. The molecule has 4 nitrogen and oxygen atoms in total. The molecule has 0 atom stereocenters. The Morgan fingerprint density at radius 1 is 1.15 bits per heavy atom. The smallest absolute Gasteiger partial charge is 0.142 e. The molecule has 3 aromatic rings. The van der Waals surface area contributed by atoms with Gasteiger partial charge in [-0.25, -0.2) is 4.98 Å². The molecule has 3 N–H and O–H groups in total. The summed E-state index contributed by atoms with van der Waals surface area (Å²) in [5.41, 5.74) is 9.06. The van der Waals surface area contributed by atoms with Crippen LogP contribution in [0.5, 0.6) is 0 Å². The predicted octanol–water partition coefficient (Wildman–Crippen LogP) is 2.93. The SMILES string of the molecule is Nc1cccc2c1nc(-c1ccccc1Cl)n2CCO. The average Bonchev–Trinajstić information content (AvgIpc) is 2.80. The number of anilines is 1. The summed E-state index contributed by atoms with van der Waals surface area (Å²) in [6.07, 6.45) is 0. The van der Waals surface area contributed by atoms with E-state index >= 15 is 0 Å². The van der Waals surface area contributed by atoms with E-state index in [9.17, 15) is 5.11 Å². The van der Waals surface area contributed by atoms with Crippen LogP contribution in [0.2, 0.25) is 5.02 Å². The molecule has 0 aliphatic heterocycles. The van der Waals surface area contributed by atoms with Gasteiger partial charge in [0, 0.05) is 12.1 Å². The van der Waals surface area contributed by atoms with Crippen molar-refractivity contribution >= 4 is 28.3 Å². The highest BCUT2D eigenvalue weighted by molar-refractivity contribution is 6.33. The molecule has 3 rings (SSSR count). The third kappa shape index (κ3) is 2.03. The van der Waals surface area contributed by atoms with Crippen molar-refractivity contribution in [2.75, 3.05) is 12.3 Å². The number of fused-ring (bicyclic) bond motifs is 1. The summed E-state index contributed by atoms with van der Waals surface area (Å²) in [5, 5.41) is 9.92. The van der Waals surface area contributed by atoms with Crippen LogP contribution in [0.3, 0.4) is 0 Å². The standard InChI is InChI=1S/C15H14ClN3O/c16-11-5-2-1-4-10(11)15-18-14-12(17)6-3-7-13(14)19(15)8-9-20/h1-7,20H,8-9,17H2. The summed E-state index contributed by atoms with van der Waals surface area (Å²) >= 11 is 6.25. The highest BCUT2D eigenvalue weighted by Gasteiger charge is 2.15. The molecule has 0 aliphatic carbocycles. The molecular formula is C15H14ClN3O. The zero-order valence-electron chi connectivity index (χ0n) is 10.8. The minimum atomic E-state index is 0.0255. The molecule has 102 valence electrons. The summed E-state index contributed by atoms with van der Waals surface area (Å²) in [5.74, 6) is 0.720. The van der Waals surface area contributed by atoms with Crippen LogP contribution in [0.15, 0.2) is 42.5 Å². The van der Waals surface area contributed by atoms with Gasteiger partial charge in [0.2, 0.25) is 0 Å². The fourth-order valence-electron chi connectivity index (χ4n) is 2.34. The van der Waals surface area contributed by atoms with Crippen molar-refractivity contribution in [3.63, 3.8) is 0 Å². The molecule has 2 aromatic carbocycles. The molecule has 0 amide bonds. The van der Waals surface area contributed by atoms with Crippen molar-refractivity contribution in [1.29, 1.82) is 0 Å². The van der Waals surface area contributed by atoms with Gasteiger partial charge in [0.25, 0.3) is 0 Å². The van der Waals surface area contributed by atoms with E-state index in [0.29, 0.717) is 17.3 Å². The average molecular weight is 288 g/mol. The Balaban J connectivity index is 2.32. The molecule has 0 aliphatic rings. The molecule has 0 unspecified atom stereocenters. The molecule has 0 spiro atoms. The lowest BCUT2D eigenvalue weighted by atomic mass is 10.2. The summed E-state index contributed by atoms with van der Waals surface area (Å²) in [6.45, 7) is 0.470. The van der Waals surface area contributed by atoms with Crippen LogP contribution in [0.25, 0.3) is 22.4 Å². The first-order valence-corrected chi connectivity index (χ1v) is 6.70. The number of aliphatic hydroxyl groups is 1. The van der Waals surface area contributed by atoms with Crippen LogP contribution >= 0.6 is 11.6 Å². The number of para-hydroxylation sites is 1. The molecular weight excluding hydrogens is 274 g/mol. The number of aliphatic hydroxyl groups excluding tert-OH is 1. The Kier molecular flexibility index (Phi) is 3.34. The lowest BCUT2D eigenvalue weighted by Crippen LogP contribution is -2.04. The molecule has 0 saturated carbocycles. The first kappa shape index (κ1) is 13.0. The number of hydrogen-bond acceptors (Lipinski definition) is 3. The molecule has 1 aromatic heterocycles. The van der Waals surface area contributed by atoms with Crippen LogP contribution in [-0.4, -0.2) is 21.3 Å². The zero-order valence-corrected chi connectivity index (χ0v) is 11.5. The van der Waals surface area contributed by atoms with E-state index < -0.39 is 0 Å². The van der Waals surface area contributed by atoms with E-state index in [0.717, 1.165) is 22.4 Å². The fraction of sp³-hybridized carbons (Fsp3) is 0.133. The van der Waals surface area contributed by atoms with Gasteiger partial charge < -0.3 is 15.4 Å². The summed E-state index contributed by atoms with van der Waals surface area (Å²) in [4.78, 5) is 4.60. The number of rotatable bonds is 3. The van der Waals surface area contributed by atoms with Gasteiger partial charge >= 0.3 is 0 Å². The first-order valence-electron chi connectivity index (χ1n) is 6.33. The number of nitrogen functional groups attached to an aromatic ring is 1. The van der Waals surface area contributed by atoms with Gasteiger partial charge in [-0.05, 0) is 24.3 Å². The molecule has 20 heavy (non-hydrogen) atoms. The van der Waals surface area contributed by atoms with Crippen molar-refractivity contribution < 1.29 is 5.11 Å². The quantitative estimate of drug-likeness (QED) is 0.728. The van der Waals surface area contributed by atoms with Gasteiger partial charge in [0.05, 0.1) is 22.8 Å². The van der Waals surface area contributed by atoms with Crippen molar-refractivity contribution in [3.8, 4) is 11.4 Å². The van der Waals surface area contributed by atoms with Gasteiger partial charge in [-0.15, -0.1) is 0 Å². The topological polar surface area (TPSA) is 64.1 Å². The largest absolute Gasteiger partial charge is 0.397 e. The van der Waals surface area contributed by atoms with Crippen molar-refractivity contribution in [2.45, 2.75) is 6.54 Å². The monoisotopic (exact) mass is 287 g/mol. The number of halogens is 1. The van der Waals surface area contributed by atoms with Crippen LogP contribution in [0, 0.1) is 0 Å². The van der Waals surface area contributed by atoms with E-state index in [1.165, 1.54) is 0 Å². The third-order valence-electron chi connectivity index (χ3n) is 3.25. The highest BCUT2D eigenvalue weighted by Crippen LogP contribution is 2.31. The van der Waals surface area contributed by atoms with Gasteiger partial charge in [0.15, 0.2) is 0 Å². The van der Waals surface area contributed by atoms with Gasteiger partial charge in [-0.1, -0.05) is 29.8 Å². The maximum atomic E-state index is 9.29. The highest BCUT2D eigenvalue weighted by atomic mass is 35.5. The Morgan fingerprint density at radius 2 is 1.95 bits per heavy atom. The van der Waals surface area contributed by atoms with Crippen LogP contribution in [-0.2, 0) is 6.54 Å². The van der Waals surface area contributed by atoms with Crippen molar-refractivity contribution in [3.05, 3.63) is 47.5 Å². The number of hydrogen-bond donors (Lipinski definition) is 2. The summed E-state index contributed by atoms with van der Waals surface area (Å²) in [6, 6.07) is 13.1. The van der Waals surface area contributed by atoms with Gasteiger partial charge in [-0.3, -0.25) is 0 Å². The van der Waals surface area contributed by atoms with E-state index in [1.807, 2.05) is 47.0 Å². The summed E-state index contributed by atoms with van der Waals surface area (Å²) < 4.78 is 1.94. The minimum Gasteiger partial charge on any atom is -0.397 e. The zero-order chi connectivity index (χ0) is 14.1.